The van der Waals surface area contributed by atoms with Crippen LogP contribution in [-0.2, 0) is 17.8 Å². The van der Waals surface area contributed by atoms with Gasteiger partial charge in [-0.15, -0.1) is 21.5 Å². The molecule has 0 saturated carbocycles. The molecule has 4 aromatic rings. The second kappa shape index (κ2) is 10.6. The Balaban J connectivity index is 1.43. The van der Waals surface area contributed by atoms with E-state index >= 15 is 0 Å². The number of thioether (sulfide) groups is 1. The molecule has 0 aliphatic rings. The standard InChI is InChI=1S/C23H21ClN4OS2/c24-19-8-4-9-20(14-19)28-17-25-26-23(28)31-16-22(29)27(15-21-10-5-13-30-21)12-11-18-6-2-1-3-7-18/h1-10,13-14,17H,11-12,15-16H2. The number of nitrogens with zero attached hydrogens (tertiary/aromatic N) is 4. The fourth-order valence-electron chi connectivity index (χ4n) is 3.13. The number of thiophene rings is 1. The molecule has 0 aliphatic heterocycles. The smallest absolute Gasteiger partial charge is 0.233 e. The van der Waals surface area contributed by atoms with Crippen LogP contribution in [0.25, 0.3) is 5.69 Å². The lowest BCUT2D eigenvalue weighted by molar-refractivity contribution is -0.128. The van der Waals surface area contributed by atoms with Gasteiger partial charge in [0.2, 0.25) is 5.91 Å². The van der Waals surface area contributed by atoms with Gasteiger partial charge in [-0.3, -0.25) is 9.36 Å². The third kappa shape index (κ3) is 5.97. The van der Waals surface area contributed by atoms with Crippen LogP contribution in [0, 0.1) is 0 Å². The predicted molar refractivity (Wildman–Crippen MR) is 127 cm³/mol. The molecule has 2 heterocycles. The predicted octanol–water partition coefficient (Wildman–Crippen LogP) is 5.35. The molecule has 4 rings (SSSR count). The van der Waals surface area contributed by atoms with Crippen LogP contribution in [0.3, 0.4) is 0 Å². The summed E-state index contributed by atoms with van der Waals surface area (Å²) in [5.74, 6) is 0.370. The Kier molecular flexibility index (Phi) is 7.40. The van der Waals surface area contributed by atoms with Crippen molar-refractivity contribution in [3.05, 3.63) is 93.9 Å². The largest absolute Gasteiger partial charge is 0.336 e. The maximum absolute atomic E-state index is 13.1. The molecule has 0 unspecified atom stereocenters. The van der Waals surface area contributed by atoms with E-state index in [0.717, 1.165) is 12.1 Å². The van der Waals surface area contributed by atoms with Gasteiger partial charge in [0, 0.05) is 16.4 Å². The summed E-state index contributed by atoms with van der Waals surface area (Å²) in [7, 11) is 0. The van der Waals surface area contributed by atoms with Crippen molar-refractivity contribution in [1.29, 1.82) is 0 Å². The van der Waals surface area contributed by atoms with Gasteiger partial charge in [0.15, 0.2) is 5.16 Å². The van der Waals surface area contributed by atoms with E-state index in [9.17, 15) is 4.79 Å². The van der Waals surface area contributed by atoms with Gasteiger partial charge in [0.1, 0.15) is 6.33 Å². The third-order valence-electron chi connectivity index (χ3n) is 4.72. The van der Waals surface area contributed by atoms with Crippen LogP contribution < -0.4 is 0 Å². The lowest BCUT2D eigenvalue weighted by Crippen LogP contribution is -2.33. The number of benzene rings is 2. The van der Waals surface area contributed by atoms with Gasteiger partial charge in [0.05, 0.1) is 18.0 Å². The third-order valence-corrected chi connectivity index (χ3v) is 6.74. The van der Waals surface area contributed by atoms with Crippen LogP contribution in [0.5, 0.6) is 0 Å². The first kappa shape index (κ1) is 21.6. The van der Waals surface area contributed by atoms with Crippen molar-refractivity contribution in [3.8, 4) is 5.69 Å². The molecule has 0 aliphatic carbocycles. The van der Waals surface area contributed by atoms with Crippen molar-refractivity contribution >= 4 is 40.6 Å². The molecular weight excluding hydrogens is 448 g/mol. The number of aromatic nitrogens is 3. The van der Waals surface area contributed by atoms with E-state index < -0.39 is 0 Å². The first-order chi connectivity index (χ1) is 15.2. The molecule has 8 heteroatoms. The Labute approximate surface area is 194 Å². The van der Waals surface area contributed by atoms with Gasteiger partial charge >= 0.3 is 0 Å². The Morgan fingerprint density at radius 2 is 1.97 bits per heavy atom. The Morgan fingerprint density at radius 3 is 2.74 bits per heavy atom. The highest BCUT2D eigenvalue weighted by molar-refractivity contribution is 7.99. The van der Waals surface area contributed by atoms with Gasteiger partial charge < -0.3 is 4.90 Å². The van der Waals surface area contributed by atoms with Gasteiger partial charge in [-0.05, 0) is 41.6 Å². The second-order valence-corrected chi connectivity index (χ2v) is 9.29. The van der Waals surface area contributed by atoms with Gasteiger partial charge in [-0.25, -0.2) is 0 Å². The first-order valence-electron chi connectivity index (χ1n) is 9.82. The zero-order chi connectivity index (χ0) is 21.5. The molecule has 0 radical (unpaired) electrons. The highest BCUT2D eigenvalue weighted by atomic mass is 35.5. The maximum Gasteiger partial charge on any atom is 0.233 e. The Morgan fingerprint density at radius 1 is 1.10 bits per heavy atom. The van der Waals surface area contributed by atoms with Gasteiger partial charge in [0.25, 0.3) is 0 Å². The number of hydrogen-bond donors (Lipinski definition) is 0. The molecule has 31 heavy (non-hydrogen) atoms. The summed E-state index contributed by atoms with van der Waals surface area (Å²) in [4.78, 5) is 16.2. The molecule has 0 saturated heterocycles. The van der Waals surface area contributed by atoms with Crippen molar-refractivity contribution in [1.82, 2.24) is 19.7 Å². The normalized spacial score (nSPS) is 10.9. The van der Waals surface area contributed by atoms with E-state index in [0.29, 0.717) is 29.0 Å². The second-order valence-electron chi connectivity index (χ2n) is 6.88. The van der Waals surface area contributed by atoms with Crippen LogP contribution in [0.2, 0.25) is 5.02 Å². The summed E-state index contributed by atoms with van der Waals surface area (Å²) in [5, 5.41) is 11.5. The summed E-state index contributed by atoms with van der Waals surface area (Å²) in [6.07, 6.45) is 2.46. The molecule has 158 valence electrons. The van der Waals surface area contributed by atoms with E-state index in [4.69, 9.17) is 11.6 Å². The Hall–Kier alpha value is -2.61. The fourth-order valence-corrected chi connectivity index (χ4v) is 4.87. The monoisotopic (exact) mass is 468 g/mol. The van der Waals surface area contributed by atoms with Gasteiger partial charge in [-0.2, -0.15) is 0 Å². The SMILES string of the molecule is O=C(CSc1nncn1-c1cccc(Cl)c1)N(CCc1ccccc1)Cc1cccs1. The minimum Gasteiger partial charge on any atom is -0.336 e. The average Bonchev–Trinajstić information content (AvgIpc) is 3.47. The number of amides is 1. The summed E-state index contributed by atoms with van der Waals surface area (Å²) < 4.78 is 1.84. The minimum absolute atomic E-state index is 0.0787. The zero-order valence-corrected chi connectivity index (χ0v) is 19.1. The van der Waals surface area contributed by atoms with E-state index in [1.54, 1.807) is 17.7 Å². The van der Waals surface area contributed by atoms with Crippen LogP contribution in [-0.4, -0.2) is 37.9 Å². The molecule has 5 nitrogen and oxygen atoms in total. The highest BCUT2D eigenvalue weighted by Crippen LogP contribution is 2.22. The molecule has 0 atom stereocenters. The molecular formula is C23H21ClN4OS2. The quantitative estimate of drug-likeness (QED) is 0.311. The minimum atomic E-state index is 0.0787. The number of carbonyl (C=O) groups excluding carboxylic acids is 1. The highest BCUT2D eigenvalue weighted by Gasteiger charge is 2.17. The van der Waals surface area contributed by atoms with Crippen molar-refractivity contribution in [2.24, 2.45) is 0 Å². The summed E-state index contributed by atoms with van der Waals surface area (Å²) in [6.45, 7) is 1.28. The molecule has 2 aromatic heterocycles. The molecule has 2 aromatic carbocycles. The molecule has 1 amide bonds. The molecule has 0 spiro atoms. The lowest BCUT2D eigenvalue weighted by Gasteiger charge is -2.22. The zero-order valence-electron chi connectivity index (χ0n) is 16.7. The maximum atomic E-state index is 13.1. The fraction of sp³-hybridized carbons (Fsp3) is 0.174. The van der Waals surface area contributed by atoms with Crippen LogP contribution in [0.4, 0.5) is 0 Å². The van der Waals surface area contributed by atoms with Crippen LogP contribution >= 0.6 is 34.7 Å². The van der Waals surface area contributed by atoms with E-state index in [2.05, 4.69) is 28.4 Å². The van der Waals surface area contributed by atoms with Crippen molar-refractivity contribution < 1.29 is 4.79 Å². The first-order valence-corrected chi connectivity index (χ1v) is 12.1. The van der Waals surface area contributed by atoms with E-state index in [-0.39, 0.29) is 5.91 Å². The van der Waals surface area contributed by atoms with Crippen molar-refractivity contribution in [2.45, 2.75) is 18.1 Å². The van der Waals surface area contributed by atoms with Crippen LogP contribution in [0.15, 0.2) is 83.6 Å². The van der Waals surface area contributed by atoms with Crippen molar-refractivity contribution in [3.63, 3.8) is 0 Å². The summed E-state index contributed by atoms with van der Waals surface area (Å²) in [6, 6.07) is 21.8. The van der Waals surface area contributed by atoms with E-state index in [1.807, 2.05) is 63.4 Å². The lowest BCUT2D eigenvalue weighted by atomic mass is 10.1. The average molecular weight is 469 g/mol. The number of carbonyl (C=O) groups is 1. The van der Waals surface area contributed by atoms with Crippen LogP contribution in [0.1, 0.15) is 10.4 Å². The summed E-state index contributed by atoms with van der Waals surface area (Å²) in [5.41, 5.74) is 2.09. The molecule has 0 bridgehead atoms. The summed E-state index contributed by atoms with van der Waals surface area (Å²) >= 11 is 9.17. The number of halogens is 1. The number of hydrogen-bond acceptors (Lipinski definition) is 5. The Bertz CT molecular complexity index is 1120. The molecule has 0 fully saturated rings. The molecule has 0 N–H and O–H groups in total. The topological polar surface area (TPSA) is 51.0 Å². The number of rotatable bonds is 9. The van der Waals surface area contributed by atoms with Gasteiger partial charge in [-0.1, -0.05) is 65.8 Å². The van der Waals surface area contributed by atoms with E-state index in [1.165, 1.54) is 22.2 Å². The van der Waals surface area contributed by atoms with Crippen molar-refractivity contribution in [2.75, 3.05) is 12.3 Å².